The molecule has 8 N–H and O–H groups in total. The molecule has 0 aromatic carbocycles. The lowest BCUT2D eigenvalue weighted by Gasteiger charge is -2.19. The van der Waals surface area contributed by atoms with Crippen LogP contribution in [0.1, 0.15) is 0 Å². The molecule has 0 aromatic heterocycles. The highest BCUT2D eigenvalue weighted by Gasteiger charge is 2.28. The normalized spacial score (nSPS) is 15.6. The van der Waals surface area contributed by atoms with Gasteiger partial charge in [-0.3, -0.25) is 4.79 Å². The van der Waals surface area contributed by atoms with Gasteiger partial charge in [-0.15, -0.1) is 0 Å². The monoisotopic (exact) mass is 272 g/mol. The maximum absolute atomic E-state index is 10.5. The van der Waals surface area contributed by atoms with Crippen LogP contribution in [0.25, 0.3) is 0 Å². The van der Waals surface area contributed by atoms with Gasteiger partial charge in [0.2, 0.25) is 0 Å². The lowest BCUT2D eigenvalue weighted by atomic mass is 10.1. The molecule has 0 saturated carbocycles. The maximum Gasteiger partial charge on any atom is 0.189 e. The molecule has 0 aliphatic heterocycles. The molecule has 0 heterocycles. The molecule has 110 valence electrons. The third-order valence-electron chi connectivity index (χ3n) is 1.81. The van der Waals surface area contributed by atoms with E-state index in [0.29, 0.717) is 0 Å². The van der Waals surface area contributed by atoms with Crippen molar-refractivity contribution < 1.29 is 45.6 Å². The number of hydrogen-bond acceptors (Lipinski definition) is 9. The minimum absolute atomic E-state index is 0.365. The molecule has 18 heavy (non-hydrogen) atoms. The topological polar surface area (TPSA) is 179 Å². The first-order valence-electron chi connectivity index (χ1n) is 5.04. The molecule has 0 spiro atoms. The summed E-state index contributed by atoms with van der Waals surface area (Å²) in [7, 11) is 0. The van der Waals surface area contributed by atoms with Gasteiger partial charge in [0.1, 0.15) is 31.0 Å². The van der Waals surface area contributed by atoms with Crippen LogP contribution in [0.5, 0.6) is 0 Å². The van der Waals surface area contributed by atoms with Crippen molar-refractivity contribution in [2.45, 2.75) is 24.4 Å². The standard InChI is InChI=1S/C6H12O6.C3H8O3/c7-1-3(9)5(11)6(12)4(10)2-8;4-1-3(6)2-5/h3,5-9,11-12H,1-2H2;3-6H,1-2H2/t3-,5-,6-;/m1./s1. The van der Waals surface area contributed by atoms with Gasteiger partial charge in [-0.25, -0.2) is 0 Å². The Hall–Kier alpha value is -0.650. The maximum atomic E-state index is 10.5. The number of ketones is 1. The molecule has 0 amide bonds. The first-order valence-corrected chi connectivity index (χ1v) is 5.04. The molecule has 3 atom stereocenters. The van der Waals surface area contributed by atoms with E-state index in [1.807, 2.05) is 0 Å². The zero-order valence-corrected chi connectivity index (χ0v) is 9.62. The van der Waals surface area contributed by atoms with Gasteiger partial charge < -0.3 is 40.9 Å². The quantitative estimate of drug-likeness (QED) is 0.225. The van der Waals surface area contributed by atoms with E-state index in [9.17, 15) is 4.79 Å². The van der Waals surface area contributed by atoms with Crippen molar-refractivity contribution in [2.75, 3.05) is 26.4 Å². The van der Waals surface area contributed by atoms with Crippen molar-refractivity contribution in [1.82, 2.24) is 0 Å². The second-order valence-corrected chi connectivity index (χ2v) is 3.33. The highest BCUT2D eigenvalue weighted by Crippen LogP contribution is 2.00. The fourth-order valence-corrected chi connectivity index (χ4v) is 0.660. The molecule has 0 bridgehead atoms. The van der Waals surface area contributed by atoms with Crippen molar-refractivity contribution in [3.63, 3.8) is 0 Å². The van der Waals surface area contributed by atoms with E-state index in [0.717, 1.165) is 0 Å². The van der Waals surface area contributed by atoms with Gasteiger partial charge in [0, 0.05) is 0 Å². The van der Waals surface area contributed by atoms with Gasteiger partial charge in [-0.05, 0) is 0 Å². The number of aliphatic hydroxyl groups excluding tert-OH is 8. The Kier molecular flexibility index (Phi) is 12.5. The van der Waals surface area contributed by atoms with Crippen LogP contribution in [0.2, 0.25) is 0 Å². The predicted octanol–water partition coefficient (Wildman–Crippen LogP) is -5.05. The zero-order chi connectivity index (χ0) is 14.7. The summed E-state index contributed by atoms with van der Waals surface area (Å²) in [6, 6.07) is 0. The van der Waals surface area contributed by atoms with Crippen molar-refractivity contribution in [2.24, 2.45) is 0 Å². The molecule has 0 aromatic rings. The summed E-state index contributed by atoms with van der Waals surface area (Å²) < 4.78 is 0. The van der Waals surface area contributed by atoms with E-state index in [1.165, 1.54) is 0 Å². The van der Waals surface area contributed by atoms with E-state index in [1.54, 1.807) is 0 Å². The minimum atomic E-state index is -1.86. The molecular formula is C9H20O9. The molecule has 0 aliphatic carbocycles. The van der Waals surface area contributed by atoms with Crippen LogP contribution in [0.4, 0.5) is 0 Å². The molecule has 0 unspecified atom stereocenters. The SMILES string of the molecule is O=C(CO)[C@@H](O)[C@H](O)[C@H](O)CO.OCC(O)CO. The Morgan fingerprint density at radius 3 is 1.50 bits per heavy atom. The van der Waals surface area contributed by atoms with Crippen molar-refractivity contribution in [3.05, 3.63) is 0 Å². The average molecular weight is 272 g/mol. The molecule has 9 nitrogen and oxygen atoms in total. The highest BCUT2D eigenvalue weighted by molar-refractivity contribution is 5.84. The molecule has 0 aliphatic rings. The molecule has 0 saturated heterocycles. The van der Waals surface area contributed by atoms with E-state index in [4.69, 9.17) is 40.9 Å². The van der Waals surface area contributed by atoms with E-state index < -0.39 is 43.4 Å². The van der Waals surface area contributed by atoms with Crippen LogP contribution >= 0.6 is 0 Å². The lowest BCUT2D eigenvalue weighted by molar-refractivity contribution is -0.142. The second kappa shape index (κ2) is 11.4. The first-order chi connectivity index (χ1) is 8.35. The number of carbonyl (C=O) groups is 1. The third-order valence-corrected chi connectivity index (χ3v) is 1.81. The fraction of sp³-hybridized carbons (Fsp3) is 0.889. The van der Waals surface area contributed by atoms with Gasteiger partial charge >= 0.3 is 0 Å². The minimum Gasteiger partial charge on any atom is -0.394 e. The van der Waals surface area contributed by atoms with Crippen LogP contribution in [0.3, 0.4) is 0 Å². The number of Topliss-reactive ketones (excluding diaryl/α,β-unsaturated/α-hetero) is 1. The number of rotatable bonds is 7. The third kappa shape index (κ3) is 8.44. The van der Waals surface area contributed by atoms with Gasteiger partial charge in [0.25, 0.3) is 0 Å². The van der Waals surface area contributed by atoms with Crippen LogP contribution < -0.4 is 0 Å². The van der Waals surface area contributed by atoms with Crippen LogP contribution in [0, 0.1) is 0 Å². The van der Waals surface area contributed by atoms with E-state index in [2.05, 4.69) is 0 Å². The van der Waals surface area contributed by atoms with Crippen molar-refractivity contribution in [3.8, 4) is 0 Å². The van der Waals surface area contributed by atoms with Crippen LogP contribution in [0.15, 0.2) is 0 Å². The Morgan fingerprint density at radius 1 is 0.833 bits per heavy atom. The summed E-state index contributed by atoms with van der Waals surface area (Å²) in [5.41, 5.74) is 0. The van der Waals surface area contributed by atoms with Gasteiger partial charge in [-0.2, -0.15) is 0 Å². The molecule has 9 heteroatoms. The van der Waals surface area contributed by atoms with Gasteiger partial charge in [0.15, 0.2) is 5.78 Å². The van der Waals surface area contributed by atoms with Crippen molar-refractivity contribution in [1.29, 1.82) is 0 Å². The molecule has 0 radical (unpaired) electrons. The summed E-state index contributed by atoms with van der Waals surface area (Å²) in [4.78, 5) is 10.5. The summed E-state index contributed by atoms with van der Waals surface area (Å²) >= 11 is 0. The molecule has 0 fully saturated rings. The summed E-state index contributed by atoms with van der Waals surface area (Å²) in [5, 5.41) is 67.1. The first kappa shape index (κ1) is 19.7. The number of aliphatic hydroxyl groups is 8. The Balaban J connectivity index is 0. The molecular weight excluding hydrogens is 252 g/mol. The van der Waals surface area contributed by atoms with Gasteiger partial charge in [0.05, 0.1) is 19.8 Å². The second-order valence-electron chi connectivity index (χ2n) is 3.33. The van der Waals surface area contributed by atoms with Crippen molar-refractivity contribution >= 4 is 5.78 Å². The van der Waals surface area contributed by atoms with Gasteiger partial charge in [-0.1, -0.05) is 0 Å². The van der Waals surface area contributed by atoms with Crippen LogP contribution in [-0.4, -0.2) is 97.5 Å². The Labute approximate surface area is 103 Å². The summed E-state index contributed by atoms with van der Waals surface area (Å²) in [6.45, 7) is -2.42. The smallest absolute Gasteiger partial charge is 0.189 e. The Bertz CT molecular complexity index is 206. The van der Waals surface area contributed by atoms with Crippen LogP contribution in [-0.2, 0) is 4.79 Å². The summed E-state index contributed by atoms with van der Waals surface area (Å²) in [6.07, 6.45) is -6.17. The molecule has 0 rings (SSSR count). The predicted molar refractivity (Wildman–Crippen MR) is 57.4 cm³/mol. The van der Waals surface area contributed by atoms with E-state index >= 15 is 0 Å². The Morgan fingerprint density at radius 2 is 1.28 bits per heavy atom. The van der Waals surface area contributed by atoms with E-state index in [-0.39, 0.29) is 13.2 Å². The fourth-order valence-electron chi connectivity index (χ4n) is 0.660. The summed E-state index contributed by atoms with van der Waals surface area (Å²) in [5.74, 6) is -1.00. The average Bonchev–Trinajstić information content (AvgIpc) is 2.43. The number of carbonyl (C=O) groups excluding carboxylic acids is 1. The highest BCUT2D eigenvalue weighted by atomic mass is 16.4. The largest absolute Gasteiger partial charge is 0.394 e. The zero-order valence-electron chi connectivity index (χ0n) is 9.62. The number of hydrogen-bond donors (Lipinski definition) is 8. The lowest BCUT2D eigenvalue weighted by Crippen LogP contribution is -2.44.